The van der Waals surface area contributed by atoms with E-state index in [9.17, 15) is 0 Å². The topological polar surface area (TPSA) is 42.7 Å². The number of hydrogen-bond donors (Lipinski definition) is 1. The van der Waals surface area contributed by atoms with Crippen LogP contribution in [0.1, 0.15) is 43.1 Å². The molecule has 0 atom stereocenters. The lowest BCUT2D eigenvalue weighted by Gasteiger charge is -2.25. The summed E-state index contributed by atoms with van der Waals surface area (Å²) in [4.78, 5) is 0. The summed E-state index contributed by atoms with van der Waals surface area (Å²) in [6, 6.07) is 0.598. The Morgan fingerprint density at radius 3 is 2.53 bits per heavy atom. The third-order valence-electron chi connectivity index (χ3n) is 3.60. The second-order valence-corrected chi connectivity index (χ2v) is 4.62. The van der Waals surface area contributed by atoms with Gasteiger partial charge >= 0.3 is 0 Å². The van der Waals surface area contributed by atoms with Gasteiger partial charge in [-0.25, -0.2) is 4.68 Å². The molecule has 0 amide bonds. The Morgan fingerprint density at radius 1 is 1.06 bits per heavy atom. The van der Waals surface area contributed by atoms with Crippen molar-refractivity contribution in [2.24, 2.45) is 0 Å². The fourth-order valence-corrected chi connectivity index (χ4v) is 2.73. The number of fused-ring (bicyclic) bond motifs is 1. The Bertz CT molecular complexity index is 347. The Hall–Kier alpha value is -0.320. The van der Waals surface area contributed by atoms with E-state index in [1.807, 2.05) is 0 Å². The van der Waals surface area contributed by atoms with Gasteiger partial charge in [0.25, 0.3) is 0 Å². The van der Waals surface area contributed by atoms with Gasteiger partial charge in [-0.05, 0) is 51.6 Å². The minimum atomic E-state index is 0. The molecule has 0 spiro atoms. The smallest absolute Gasteiger partial charge is 0.0859 e. The van der Waals surface area contributed by atoms with Gasteiger partial charge in [-0.1, -0.05) is 5.21 Å². The maximum Gasteiger partial charge on any atom is 0.0859 e. The quantitative estimate of drug-likeness (QED) is 0.854. The number of aryl methyl sites for hydroxylation is 1. The van der Waals surface area contributed by atoms with E-state index in [-0.39, 0.29) is 24.8 Å². The fourth-order valence-electron chi connectivity index (χ4n) is 2.73. The van der Waals surface area contributed by atoms with E-state index in [1.165, 1.54) is 43.5 Å². The van der Waals surface area contributed by atoms with Gasteiger partial charge in [0.1, 0.15) is 0 Å². The molecule has 0 saturated carbocycles. The minimum Gasteiger partial charge on any atom is -0.317 e. The second kappa shape index (κ2) is 6.57. The van der Waals surface area contributed by atoms with E-state index >= 15 is 0 Å². The normalized spacial score (nSPS) is 20.0. The van der Waals surface area contributed by atoms with Crippen molar-refractivity contribution in [2.45, 2.75) is 44.6 Å². The number of aromatic nitrogens is 3. The second-order valence-electron chi connectivity index (χ2n) is 4.62. The number of piperidine rings is 1. The van der Waals surface area contributed by atoms with Crippen LogP contribution < -0.4 is 5.32 Å². The van der Waals surface area contributed by atoms with Gasteiger partial charge in [-0.15, -0.1) is 29.9 Å². The first kappa shape index (κ1) is 14.7. The summed E-state index contributed by atoms with van der Waals surface area (Å²) >= 11 is 0. The number of hydrogen-bond acceptors (Lipinski definition) is 3. The van der Waals surface area contributed by atoms with Crippen molar-refractivity contribution in [1.29, 1.82) is 0 Å². The van der Waals surface area contributed by atoms with E-state index in [4.69, 9.17) is 0 Å². The van der Waals surface area contributed by atoms with Gasteiger partial charge in [0.05, 0.1) is 17.4 Å². The SMILES string of the molecule is C1CCc2c(nnn2C2CCNCC2)C1.Cl.Cl. The summed E-state index contributed by atoms with van der Waals surface area (Å²) < 4.78 is 2.22. The standard InChI is InChI=1S/C11H18N4.2ClH/c1-2-4-11-10(3-1)13-14-15(11)9-5-7-12-8-6-9;;/h9,12H,1-8H2;2*1H. The first-order chi connectivity index (χ1) is 7.45. The number of rotatable bonds is 1. The lowest BCUT2D eigenvalue weighted by atomic mass is 9.99. The van der Waals surface area contributed by atoms with Crippen molar-refractivity contribution in [3.05, 3.63) is 11.4 Å². The Balaban J connectivity index is 0.000000722. The fraction of sp³-hybridized carbons (Fsp3) is 0.818. The van der Waals surface area contributed by atoms with Crippen LogP contribution in [0, 0.1) is 0 Å². The molecule has 2 heterocycles. The molecule has 1 fully saturated rings. The molecular formula is C11H20Cl2N4. The summed E-state index contributed by atoms with van der Waals surface area (Å²) in [7, 11) is 0. The Labute approximate surface area is 114 Å². The zero-order valence-electron chi connectivity index (χ0n) is 9.89. The van der Waals surface area contributed by atoms with Crippen LogP contribution in [0.15, 0.2) is 0 Å². The molecule has 1 aromatic rings. The lowest BCUT2D eigenvalue weighted by Crippen LogP contribution is -2.30. The first-order valence-electron chi connectivity index (χ1n) is 6.09. The van der Waals surface area contributed by atoms with Crippen LogP contribution in [0.3, 0.4) is 0 Å². The molecule has 3 rings (SSSR count). The largest absolute Gasteiger partial charge is 0.317 e. The van der Waals surface area contributed by atoms with Gasteiger partial charge in [0.2, 0.25) is 0 Å². The third-order valence-corrected chi connectivity index (χ3v) is 3.60. The highest BCUT2D eigenvalue weighted by Crippen LogP contribution is 2.25. The predicted octanol–water partition coefficient (Wildman–Crippen LogP) is 1.92. The number of nitrogens with one attached hydrogen (secondary N) is 1. The highest BCUT2D eigenvalue weighted by atomic mass is 35.5. The number of halogens is 2. The van der Waals surface area contributed by atoms with Crippen molar-refractivity contribution in [3.63, 3.8) is 0 Å². The van der Waals surface area contributed by atoms with Crippen molar-refractivity contribution in [1.82, 2.24) is 20.3 Å². The summed E-state index contributed by atoms with van der Waals surface area (Å²) in [6.45, 7) is 2.25. The highest BCUT2D eigenvalue weighted by molar-refractivity contribution is 5.85. The van der Waals surface area contributed by atoms with Gasteiger partial charge in [0.15, 0.2) is 0 Å². The summed E-state index contributed by atoms with van der Waals surface area (Å²) in [5.41, 5.74) is 2.69. The lowest BCUT2D eigenvalue weighted by molar-refractivity contribution is 0.328. The Morgan fingerprint density at radius 2 is 1.76 bits per heavy atom. The van der Waals surface area contributed by atoms with Gasteiger partial charge in [0, 0.05) is 0 Å². The monoisotopic (exact) mass is 278 g/mol. The Kier molecular flexibility index (Phi) is 5.70. The zero-order chi connectivity index (χ0) is 10.1. The van der Waals surface area contributed by atoms with Crippen LogP contribution in [-0.4, -0.2) is 28.1 Å². The van der Waals surface area contributed by atoms with Crippen LogP contribution in [0.25, 0.3) is 0 Å². The van der Waals surface area contributed by atoms with Crippen LogP contribution in [0.2, 0.25) is 0 Å². The van der Waals surface area contributed by atoms with Crippen LogP contribution in [-0.2, 0) is 12.8 Å². The highest BCUT2D eigenvalue weighted by Gasteiger charge is 2.23. The zero-order valence-corrected chi connectivity index (χ0v) is 11.5. The third kappa shape index (κ3) is 2.92. The van der Waals surface area contributed by atoms with E-state index in [0.717, 1.165) is 19.5 Å². The van der Waals surface area contributed by atoms with Crippen molar-refractivity contribution in [3.8, 4) is 0 Å². The van der Waals surface area contributed by atoms with Crippen molar-refractivity contribution >= 4 is 24.8 Å². The summed E-state index contributed by atoms with van der Waals surface area (Å²) in [5, 5.41) is 12.1. The predicted molar refractivity (Wildman–Crippen MR) is 72.3 cm³/mol. The molecule has 0 unspecified atom stereocenters. The summed E-state index contributed by atoms with van der Waals surface area (Å²) in [6.07, 6.45) is 7.33. The average molecular weight is 279 g/mol. The molecule has 0 radical (unpaired) electrons. The van der Waals surface area contributed by atoms with E-state index < -0.39 is 0 Å². The van der Waals surface area contributed by atoms with E-state index in [1.54, 1.807) is 0 Å². The molecule has 1 saturated heterocycles. The molecule has 17 heavy (non-hydrogen) atoms. The van der Waals surface area contributed by atoms with E-state index in [2.05, 4.69) is 20.3 Å². The molecule has 6 heteroatoms. The molecule has 1 aliphatic heterocycles. The summed E-state index contributed by atoms with van der Waals surface area (Å²) in [5.74, 6) is 0. The molecule has 2 aliphatic rings. The van der Waals surface area contributed by atoms with Crippen LogP contribution in [0.5, 0.6) is 0 Å². The van der Waals surface area contributed by atoms with Gasteiger partial charge in [-0.3, -0.25) is 0 Å². The molecule has 1 aliphatic carbocycles. The van der Waals surface area contributed by atoms with Crippen LogP contribution >= 0.6 is 24.8 Å². The van der Waals surface area contributed by atoms with Crippen molar-refractivity contribution in [2.75, 3.05) is 13.1 Å². The molecule has 1 N–H and O–H groups in total. The molecule has 98 valence electrons. The molecule has 1 aromatic heterocycles. The minimum absolute atomic E-state index is 0. The maximum absolute atomic E-state index is 4.36. The number of nitrogens with zero attached hydrogens (tertiary/aromatic N) is 3. The average Bonchev–Trinajstić information content (AvgIpc) is 2.74. The van der Waals surface area contributed by atoms with Gasteiger partial charge < -0.3 is 5.32 Å². The van der Waals surface area contributed by atoms with Crippen LogP contribution in [0.4, 0.5) is 0 Å². The molecule has 0 bridgehead atoms. The van der Waals surface area contributed by atoms with Gasteiger partial charge in [-0.2, -0.15) is 0 Å². The maximum atomic E-state index is 4.36. The van der Waals surface area contributed by atoms with Crippen molar-refractivity contribution < 1.29 is 0 Å². The van der Waals surface area contributed by atoms with E-state index in [0.29, 0.717) is 6.04 Å². The molecule has 0 aromatic carbocycles. The first-order valence-corrected chi connectivity index (χ1v) is 6.09. The molecule has 4 nitrogen and oxygen atoms in total. The molecular weight excluding hydrogens is 259 g/mol.